The van der Waals surface area contributed by atoms with Crippen molar-refractivity contribution in [3.05, 3.63) is 65.9 Å². The van der Waals surface area contributed by atoms with Crippen molar-refractivity contribution in [2.24, 2.45) is 0 Å². The summed E-state index contributed by atoms with van der Waals surface area (Å²) in [5.41, 5.74) is 1.54. The summed E-state index contributed by atoms with van der Waals surface area (Å²) >= 11 is 0. The molecule has 9 nitrogen and oxygen atoms in total. The van der Waals surface area contributed by atoms with Crippen LogP contribution in [0.2, 0.25) is 0 Å². The summed E-state index contributed by atoms with van der Waals surface area (Å²) in [6.07, 6.45) is 0.384. The minimum Gasteiger partial charge on any atom is -0.492 e. The SMILES string of the molecule is COC(=O)c1c(-c2cccc(OCCN3CC(C)OC(C)C3)c2)nn(-c2ccccc2)c1C(=O)OC. The lowest BCUT2D eigenvalue weighted by Gasteiger charge is -2.35. The maximum absolute atomic E-state index is 12.8. The molecule has 1 aromatic heterocycles. The molecule has 0 spiro atoms. The molecule has 1 saturated heterocycles. The van der Waals surface area contributed by atoms with E-state index in [0.717, 1.165) is 19.6 Å². The highest BCUT2D eigenvalue weighted by atomic mass is 16.5. The van der Waals surface area contributed by atoms with Crippen LogP contribution in [-0.2, 0) is 14.2 Å². The maximum Gasteiger partial charge on any atom is 0.357 e. The molecule has 0 radical (unpaired) electrons. The molecule has 9 heteroatoms. The van der Waals surface area contributed by atoms with Crippen molar-refractivity contribution in [2.45, 2.75) is 26.1 Å². The number of para-hydroxylation sites is 1. The van der Waals surface area contributed by atoms with E-state index in [4.69, 9.17) is 18.9 Å². The van der Waals surface area contributed by atoms with Gasteiger partial charge in [-0.2, -0.15) is 5.10 Å². The number of hydrogen-bond acceptors (Lipinski definition) is 8. The number of carbonyl (C=O) groups is 2. The smallest absolute Gasteiger partial charge is 0.357 e. The highest BCUT2D eigenvalue weighted by molar-refractivity contribution is 6.06. The van der Waals surface area contributed by atoms with Crippen LogP contribution in [0.15, 0.2) is 54.6 Å². The fraction of sp³-hybridized carbons (Fsp3) is 0.370. The summed E-state index contributed by atoms with van der Waals surface area (Å²) in [4.78, 5) is 27.9. The molecule has 2 unspecified atom stereocenters. The Morgan fingerprint density at radius 2 is 1.67 bits per heavy atom. The van der Waals surface area contributed by atoms with E-state index in [-0.39, 0.29) is 23.5 Å². The van der Waals surface area contributed by atoms with E-state index in [1.165, 1.54) is 18.9 Å². The Balaban J connectivity index is 1.65. The Hall–Kier alpha value is -3.69. The molecule has 4 rings (SSSR count). The molecule has 0 N–H and O–H groups in total. The summed E-state index contributed by atoms with van der Waals surface area (Å²) in [5.74, 6) is -0.750. The standard InChI is InChI=1S/C27H31N3O6/c1-18-16-29(17-19(2)36-18)13-14-35-22-12-8-9-20(15-22)24-23(26(31)33-3)25(27(32)34-4)30(28-24)21-10-6-5-7-11-21/h5-12,15,18-19H,13-14,16-17H2,1-4H3. The largest absolute Gasteiger partial charge is 0.492 e. The van der Waals surface area contributed by atoms with Crippen molar-refractivity contribution >= 4 is 11.9 Å². The van der Waals surface area contributed by atoms with Crippen molar-refractivity contribution in [1.29, 1.82) is 0 Å². The summed E-state index contributed by atoms with van der Waals surface area (Å²) in [5, 5.41) is 4.64. The predicted molar refractivity (Wildman–Crippen MR) is 134 cm³/mol. The van der Waals surface area contributed by atoms with Gasteiger partial charge in [0.15, 0.2) is 5.69 Å². The quantitative estimate of drug-likeness (QED) is 0.440. The van der Waals surface area contributed by atoms with Gasteiger partial charge in [-0.15, -0.1) is 0 Å². The molecule has 3 aromatic rings. The van der Waals surface area contributed by atoms with Gasteiger partial charge < -0.3 is 18.9 Å². The van der Waals surface area contributed by atoms with Crippen LogP contribution in [0.3, 0.4) is 0 Å². The third-order valence-corrected chi connectivity index (χ3v) is 5.93. The summed E-state index contributed by atoms with van der Waals surface area (Å²) in [6.45, 7) is 7.14. The molecule has 0 bridgehead atoms. The lowest BCUT2D eigenvalue weighted by atomic mass is 10.1. The lowest BCUT2D eigenvalue weighted by Crippen LogP contribution is -2.46. The second kappa shape index (κ2) is 11.4. The molecule has 2 heterocycles. The van der Waals surface area contributed by atoms with Gasteiger partial charge in [0, 0.05) is 25.2 Å². The topological polar surface area (TPSA) is 92.1 Å². The van der Waals surface area contributed by atoms with Gasteiger partial charge in [-0.25, -0.2) is 14.3 Å². The van der Waals surface area contributed by atoms with Crippen molar-refractivity contribution in [2.75, 3.05) is 40.5 Å². The Kier molecular flexibility index (Phi) is 8.02. The second-order valence-corrected chi connectivity index (χ2v) is 8.70. The van der Waals surface area contributed by atoms with Gasteiger partial charge in [-0.3, -0.25) is 4.90 Å². The number of ether oxygens (including phenoxy) is 4. The number of hydrogen-bond donors (Lipinski definition) is 0. The molecule has 0 aliphatic carbocycles. The second-order valence-electron chi connectivity index (χ2n) is 8.70. The van der Waals surface area contributed by atoms with Crippen molar-refractivity contribution in [1.82, 2.24) is 14.7 Å². The number of nitrogens with zero attached hydrogens (tertiary/aromatic N) is 3. The average molecular weight is 494 g/mol. The number of esters is 2. The van der Waals surface area contributed by atoms with Gasteiger partial charge in [-0.1, -0.05) is 30.3 Å². The molecule has 1 fully saturated rings. The highest BCUT2D eigenvalue weighted by Crippen LogP contribution is 2.31. The fourth-order valence-corrected chi connectivity index (χ4v) is 4.45. The van der Waals surface area contributed by atoms with Crippen LogP contribution < -0.4 is 4.74 Å². The first kappa shape index (κ1) is 25.4. The van der Waals surface area contributed by atoms with E-state index >= 15 is 0 Å². The minimum atomic E-state index is -0.695. The predicted octanol–water partition coefficient (Wildman–Crippen LogP) is 3.60. The third-order valence-electron chi connectivity index (χ3n) is 5.93. The Bertz CT molecular complexity index is 1200. The number of carbonyl (C=O) groups excluding carboxylic acids is 2. The normalized spacial score (nSPS) is 18.0. The van der Waals surface area contributed by atoms with Crippen LogP contribution in [0, 0.1) is 0 Å². The van der Waals surface area contributed by atoms with Gasteiger partial charge >= 0.3 is 11.9 Å². The molecule has 2 atom stereocenters. The van der Waals surface area contributed by atoms with Gasteiger partial charge in [0.05, 0.1) is 32.1 Å². The molecule has 190 valence electrons. The number of aromatic nitrogens is 2. The number of methoxy groups -OCH3 is 2. The maximum atomic E-state index is 12.8. The average Bonchev–Trinajstić information content (AvgIpc) is 3.29. The molecule has 0 amide bonds. The fourth-order valence-electron chi connectivity index (χ4n) is 4.45. The van der Waals surface area contributed by atoms with E-state index in [2.05, 4.69) is 23.8 Å². The molecule has 1 aliphatic rings. The van der Waals surface area contributed by atoms with Crippen molar-refractivity contribution in [3.8, 4) is 22.7 Å². The van der Waals surface area contributed by atoms with Crippen LogP contribution in [0.4, 0.5) is 0 Å². The van der Waals surface area contributed by atoms with Crippen LogP contribution in [-0.4, -0.2) is 79.3 Å². The molecular formula is C27H31N3O6. The van der Waals surface area contributed by atoms with Crippen molar-refractivity contribution in [3.63, 3.8) is 0 Å². The molecular weight excluding hydrogens is 462 g/mol. The van der Waals surface area contributed by atoms with E-state index in [1.54, 1.807) is 18.2 Å². The molecule has 36 heavy (non-hydrogen) atoms. The number of benzene rings is 2. The Labute approximate surface area is 210 Å². The Morgan fingerprint density at radius 3 is 2.33 bits per heavy atom. The highest BCUT2D eigenvalue weighted by Gasteiger charge is 2.31. The van der Waals surface area contributed by atoms with E-state index in [1.807, 2.05) is 36.4 Å². The van der Waals surface area contributed by atoms with Crippen LogP contribution in [0.5, 0.6) is 5.75 Å². The summed E-state index contributed by atoms with van der Waals surface area (Å²) < 4.78 is 23.2. The van der Waals surface area contributed by atoms with Crippen molar-refractivity contribution < 1.29 is 28.5 Å². The summed E-state index contributed by atoms with van der Waals surface area (Å²) in [6, 6.07) is 16.4. The van der Waals surface area contributed by atoms with Gasteiger partial charge in [0.25, 0.3) is 0 Å². The van der Waals surface area contributed by atoms with Crippen LogP contribution >= 0.6 is 0 Å². The first-order valence-corrected chi connectivity index (χ1v) is 11.9. The zero-order chi connectivity index (χ0) is 25.7. The van der Waals surface area contributed by atoms with Crippen LogP contribution in [0.1, 0.15) is 34.7 Å². The third kappa shape index (κ3) is 5.58. The zero-order valence-corrected chi connectivity index (χ0v) is 21.0. The van der Waals surface area contributed by atoms with Crippen LogP contribution in [0.25, 0.3) is 16.9 Å². The monoisotopic (exact) mass is 493 g/mol. The number of rotatable bonds is 8. The molecule has 1 aliphatic heterocycles. The minimum absolute atomic E-state index is 0.00701. The Morgan fingerprint density at radius 1 is 0.972 bits per heavy atom. The molecule has 2 aromatic carbocycles. The zero-order valence-electron chi connectivity index (χ0n) is 21.0. The summed E-state index contributed by atoms with van der Waals surface area (Å²) in [7, 11) is 2.52. The first-order valence-electron chi connectivity index (χ1n) is 11.9. The molecule has 0 saturated carbocycles. The van der Waals surface area contributed by atoms with Gasteiger partial charge in [0.2, 0.25) is 0 Å². The van der Waals surface area contributed by atoms with E-state index in [9.17, 15) is 9.59 Å². The van der Waals surface area contributed by atoms with E-state index < -0.39 is 11.9 Å². The first-order chi connectivity index (χ1) is 17.4. The lowest BCUT2D eigenvalue weighted by molar-refractivity contribution is -0.0699. The number of morpholine rings is 1. The van der Waals surface area contributed by atoms with E-state index in [0.29, 0.717) is 29.3 Å². The van der Waals surface area contributed by atoms with Gasteiger partial charge in [0.1, 0.15) is 23.6 Å². The van der Waals surface area contributed by atoms with Gasteiger partial charge in [-0.05, 0) is 38.1 Å².